The molecule has 0 radical (unpaired) electrons. The number of carboxylic acid groups (broad SMARTS) is 1. The number of aliphatic carboxylic acids is 1. The molecule has 29 heavy (non-hydrogen) atoms. The van der Waals surface area contributed by atoms with Gasteiger partial charge in [0.2, 0.25) is 5.82 Å². The number of hydrogen-bond acceptors (Lipinski definition) is 5. The van der Waals surface area contributed by atoms with Crippen molar-refractivity contribution in [1.82, 2.24) is 24.9 Å². The Kier molecular flexibility index (Phi) is 5.00. The van der Waals surface area contributed by atoms with Crippen LogP contribution in [-0.2, 0) is 11.2 Å². The number of carbonyl (C=O) groups is 2. The fraction of sp³-hybridized carbons (Fsp3) is 0.381. The number of hydrogen-bond donors (Lipinski definition) is 2. The summed E-state index contributed by atoms with van der Waals surface area (Å²) in [6.45, 7) is 3.68. The largest absolute Gasteiger partial charge is 0.480 e. The lowest BCUT2D eigenvalue weighted by Crippen LogP contribution is -2.42. The van der Waals surface area contributed by atoms with Gasteiger partial charge in [-0.05, 0) is 62.6 Å². The second kappa shape index (κ2) is 7.62. The molecule has 150 valence electrons. The molecule has 3 aromatic rings. The number of benzene rings is 1. The SMILES string of the molecule is Cc1cc(C)n2nc(C(=O)NC(CC3CCCc4ccccc43)C(=O)O)nc2n1. The summed E-state index contributed by atoms with van der Waals surface area (Å²) >= 11 is 0. The Morgan fingerprint density at radius 3 is 2.86 bits per heavy atom. The van der Waals surface area contributed by atoms with E-state index >= 15 is 0 Å². The lowest BCUT2D eigenvalue weighted by molar-refractivity contribution is -0.139. The number of rotatable bonds is 5. The van der Waals surface area contributed by atoms with Gasteiger partial charge in [0.25, 0.3) is 11.7 Å². The van der Waals surface area contributed by atoms with Crippen LogP contribution in [0.2, 0.25) is 0 Å². The minimum Gasteiger partial charge on any atom is -0.480 e. The Balaban J connectivity index is 1.54. The first-order chi connectivity index (χ1) is 13.9. The third kappa shape index (κ3) is 3.83. The van der Waals surface area contributed by atoms with E-state index in [1.165, 1.54) is 15.6 Å². The molecule has 2 aromatic heterocycles. The van der Waals surface area contributed by atoms with Crippen LogP contribution >= 0.6 is 0 Å². The van der Waals surface area contributed by atoms with Crippen LogP contribution in [0.4, 0.5) is 0 Å². The summed E-state index contributed by atoms with van der Waals surface area (Å²) in [5.41, 5.74) is 4.01. The van der Waals surface area contributed by atoms with Crippen molar-refractivity contribution in [2.45, 2.75) is 51.5 Å². The van der Waals surface area contributed by atoms with Crippen LogP contribution in [0, 0.1) is 13.8 Å². The number of carboxylic acids is 1. The van der Waals surface area contributed by atoms with Crippen LogP contribution in [-0.4, -0.2) is 42.6 Å². The third-order valence-electron chi connectivity index (χ3n) is 5.44. The van der Waals surface area contributed by atoms with Gasteiger partial charge in [0.15, 0.2) is 0 Å². The number of nitrogens with one attached hydrogen (secondary N) is 1. The van der Waals surface area contributed by atoms with Gasteiger partial charge in [-0.1, -0.05) is 24.3 Å². The summed E-state index contributed by atoms with van der Waals surface area (Å²) in [4.78, 5) is 33.0. The van der Waals surface area contributed by atoms with Gasteiger partial charge < -0.3 is 10.4 Å². The second-order valence-corrected chi connectivity index (χ2v) is 7.57. The minimum absolute atomic E-state index is 0.0819. The van der Waals surface area contributed by atoms with E-state index in [0.717, 1.165) is 30.7 Å². The van der Waals surface area contributed by atoms with Crippen molar-refractivity contribution in [2.24, 2.45) is 0 Å². The first-order valence-corrected chi connectivity index (χ1v) is 9.75. The zero-order chi connectivity index (χ0) is 20.5. The zero-order valence-corrected chi connectivity index (χ0v) is 16.4. The van der Waals surface area contributed by atoms with Crippen molar-refractivity contribution in [2.75, 3.05) is 0 Å². The molecule has 1 amide bonds. The molecule has 4 rings (SSSR count). The summed E-state index contributed by atoms with van der Waals surface area (Å²) < 4.78 is 1.48. The van der Waals surface area contributed by atoms with Crippen molar-refractivity contribution >= 4 is 17.7 Å². The Morgan fingerprint density at radius 2 is 2.07 bits per heavy atom. The minimum atomic E-state index is -1.06. The molecule has 1 aliphatic carbocycles. The van der Waals surface area contributed by atoms with Crippen LogP contribution in [0.15, 0.2) is 30.3 Å². The van der Waals surface area contributed by atoms with Gasteiger partial charge >= 0.3 is 5.97 Å². The van der Waals surface area contributed by atoms with Crippen molar-refractivity contribution < 1.29 is 14.7 Å². The molecule has 2 atom stereocenters. The fourth-order valence-corrected chi connectivity index (χ4v) is 4.09. The smallest absolute Gasteiger partial charge is 0.326 e. The quantitative estimate of drug-likeness (QED) is 0.689. The highest BCUT2D eigenvalue weighted by Gasteiger charge is 2.29. The summed E-state index contributed by atoms with van der Waals surface area (Å²) in [6, 6.07) is 8.95. The second-order valence-electron chi connectivity index (χ2n) is 7.57. The van der Waals surface area contributed by atoms with Crippen molar-refractivity contribution in [3.63, 3.8) is 0 Å². The van der Waals surface area contributed by atoms with Crippen molar-refractivity contribution in [1.29, 1.82) is 0 Å². The average Bonchev–Trinajstić information content (AvgIpc) is 3.12. The van der Waals surface area contributed by atoms with E-state index in [-0.39, 0.29) is 11.7 Å². The first-order valence-electron chi connectivity index (χ1n) is 9.75. The molecule has 0 aliphatic heterocycles. The van der Waals surface area contributed by atoms with Gasteiger partial charge in [0.05, 0.1) is 0 Å². The number of fused-ring (bicyclic) bond motifs is 2. The van der Waals surface area contributed by atoms with Gasteiger partial charge in [-0.2, -0.15) is 4.98 Å². The number of nitrogens with zero attached hydrogens (tertiary/aromatic N) is 4. The molecular formula is C21H23N5O3. The molecule has 8 nitrogen and oxygen atoms in total. The zero-order valence-electron chi connectivity index (χ0n) is 16.4. The van der Waals surface area contributed by atoms with Gasteiger partial charge in [-0.25, -0.2) is 14.3 Å². The van der Waals surface area contributed by atoms with Gasteiger partial charge in [0.1, 0.15) is 6.04 Å². The summed E-state index contributed by atoms with van der Waals surface area (Å²) in [6.07, 6.45) is 3.27. The monoisotopic (exact) mass is 393 g/mol. The van der Waals surface area contributed by atoms with E-state index in [1.807, 2.05) is 32.0 Å². The molecular weight excluding hydrogens is 370 g/mol. The maximum atomic E-state index is 12.7. The predicted octanol–water partition coefficient (Wildman–Crippen LogP) is 2.43. The molecule has 1 aliphatic rings. The summed E-state index contributed by atoms with van der Waals surface area (Å²) in [5.74, 6) is -1.33. The van der Waals surface area contributed by atoms with Gasteiger partial charge in [-0.3, -0.25) is 4.79 Å². The standard InChI is InChI=1S/C21H23N5O3/c1-12-10-13(2)26-21(22-12)24-18(25-26)19(27)23-17(20(28)29)11-15-8-5-7-14-6-3-4-9-16(14)15/h3-4,6,9-10,15,17H,5,7-8,11H2,1-2H3,(H,23,27)(H,28,29). The summed E-state index contributed by atoms with van der Waals surface area (Å²) in [7, 11) is 0. The first kappa shape index (κ1) is 19.0. The van der Waals surface area contributed by atoms with Gasteiger partial charge in [0, 0.05) is 11.4 Å². The van der Waals surface area contributed by atoms with Crippen LogP contribution in [0.5, 0.6) is 0 Å². The molecule has 8 heteroatoms. The van der Waals surface area contributed by atoms with Gasteiger partial charge in [-0.15, -0.1) is 5.10 Å². The molecule has 0 saturated heterocycles. The highest BCUT2D eigenvalue weighted by Crippen LogP contribution is 2.34. The predicted molar refractivity (Wildman–Crippen MR) is 106 cm³/mol. The normalized spacial score (nSPS) is 17.0. The lowest BCUT2D eigenvalue weighted by atomic mass is 9.79. The number of aromatic nitrogens is 4. The maximum Gasteiger partial charge on any atom is 0.326 e. The molecule has 0 saturated carbocycles. The number of amides is 1. The van der Waals surface area contributed by atoms with Crippen LogP contribution < -0.4 is 5.32 Å². The lowest BCUT2D eigenvalue weighted by Gasteiger charge is -2.27. The van der Waals surface area contributed by atoms with Crippen molar-refractivity contribution in [3.8, 4) is 0 Å². The fourth-order valence-electron chi connectivity index (χ4n) is 4.09. The van der Waals surface area contributed by atoms with E-state index in [1.54, 1.807) is 0 Å². The molecule has 0 bridgehead atoms. The summed E-state index contributed by atoms with van der Waals surface area (Å²) in [5, 5.41) is 16.5. The van der Waals surface area contributed by atoms with E-state index < -0.39 is 17.9 Å². The van der Waals surface area contributed by atoms with Crippen LogP contribution in [0.1, 0.15) is 58.3 Å². The van der Waals surface area contributed by atoms with E-state index in [9.17, 15) is 14.7 Å². The third-order valence-corrected chi connectivity index (χ3v) is 5.44. The Labute approximate surface area is 168 Å². The van der Waals surface area contributed by atoms with E-state index in [4.69, 9.17) is 0 Å². The van der Waals surface area contributed by atoms with Crippen LogP contribution in [0.25, 0.3) is 5.78 Å². The maximum absolute atomic E-state index is 12.7. The molecule has 2 heterocycles. The molecule has 2 N–H and O–H groups in total. The molecule has 0 spiro atoms. The highest BCUT2D eigenvalue weighted by molar-refractivity contribution is 5.93. The van der Waals surface area contributed by atoms with E-state index in [0.29, 0.717) is 12.2 Å². The Bertz CT molecular complexity index is 1090. The Hall–Kier alpha value is -3.29. The van der Waals surface area contributed by atoms with Crippen molar-refractivity contribution in [3.05, 3.63) is 58.7 Å². The molecule has 2 unspecified atom stereocenters. The van der Waals surface area contributed by atoms with E-state index in [2.05, 4.69) is 32.5 Å². The Morgan fingerprint density at radius 1 is 1.28 bits per heavy atom. The highest BCUT2D eigenvalue weighted by atomic mass is 16.4. The molecule has 1 aromatic carbocycles. The van der Waals surface area contributed by atoms with Crippen LogP contribution in [0.3, 0.4) is 0 Å². The number of carbonyl (C=O) groups excluding carboxylic acids is 1. The topological polar surface area (TPSA) is 109 Å². The average molecular weight is 393 g/mol. The number of aryl methyl sites for hydroxylation is 3. The molecule has 0 fully saturated rings.